The number of hydrogen-bond acceptors (Lipinski definition) is 3. The quantitative estimate of drug-likeness (QED) is 0.928. The Morgan fingerprint density at radius 1 is 1.37 bits per heavy atom. The van der Waals surface area contributed by atoms with Gasteiger partial charge in [0.15, 0.2) is 0 Å². The molecule has 0 saturated heterocycles. The van der Waals surface area contributed by atoms with Crippen LogP contribution in [-0.4, -0.2) is 31.6 Å². The maximum absolute atomic E-state index is 12.2. The second-order valence-corrected chi connectivity index (χ2v) is 6.69. The Hall–Kier alpha value is -1.07. The Morgan fingerprint density at radius 2 is 2.05 bits per heavy atom. The number of carbonyl (C=O) groups is 1. The summed E-state index contributed by atoms with van der Waals surface area (Å²) in [5, 5.41) is 0. The Morgan fingerprint density at radius 3 is 2.68 bits per heavy atom. The molecule has 4 nitrogen and oxygen atoms in total. The highest BCUT2D eigenvalue weighted by atomic mass is 79.9. The van der Waals surface area contributed by atoms with Gasteiger partial charge in [0, 0.05) is 23.6 Å². The lowest BCUT2D eigenvalue weighted by Crippen LogP contribution is -2.47. The van der Waals surface area contributed by atoms with Crippen molar-refractivity contribution in [1.29, 1.82) is 0 Å². The molecule has 2 N–H and O–H groups in total. The predicted molar refractivity (Wildman–Crippen MR) is 82.6 cm³/mol. The van der Waals surface area contributed by atoms with Crippen LogP contribution in [0, 0.1) is 0 Å². The third-order valence-electron chi connectivity index (χ3n) is 3.29. The highest BCUT2D eigenvalue weighted by molar-refractivity contribution is 9.10. The van der Waals surface area contributed by atoms with Gasteiger partial charge in [-0.25, -0.2) is 0 Å². The molecule has 1 heterocycles. The molecule has 0 aliphatic carbocycles. The molecule has 0 spiro atoms. The molecule has 1 aliphatic rings. The van der Waals surface area contributed by atoms with Crippen LogP contribution in [0.4, 0.5) is 11.4 Å². The van der Waals surface area contributed by atoms with E-state index in [9.17, 15) is 4.79 Å². The zero-order chi connectivity index (χ0) is 14.2. The minimum absolute atomic E-state index is 0.126. The molecule has 1 aromatic rings. The maximum Gasteiger partial charge on any atom is 0.246 e. The summed E-state index contributed by atoms with van der Waals surface area (Å²) in [6.45, 7) is 5.03. The van der Waals surface area contributed by atoms with Gasteiger partial charge in [-0.3, -0.25) is 4.79 Å². The average Bonchev–Trinajstić information content (AvgIpc) is 2.28. The summed E-state index contributed by atoms with van der Waals surface area (Å²) in [4.78, 5) is 16.0. The first-order valence-corrected chi connectivity index (χ1v) is 7.17. The van der Waals surface area contributed by atoms with Crippen molar-refractivity contribution >= 4 is 33.2 Å². The van der Waals surface area contributed by atoms with Gasteiger partial charge < -0.3 is 15.5 Å². The second kappa shape index (κ2) is 5.13. The van der Waals surface area contributed by atoms with E-state index in [1.54, 1.807) is 0 Å². The zero-order valence-corrected chi connectivity index (χ0v) is 13.2. The van der Waals surface area contributed by atoms with Crippen molar-refractivity contribution in [2.75, 3.05) is 29.9 Å². The molecule has 1 amide bonds. The summed E-state index contributed by atoms with van der Waals surface area (Å²) in [5.74, 6) is 0.126. The molecule has 1 aliphatic heterocycles. The standard InChI is InChI=1S/C14H20BrN3O/c1-14(2,16)6-7-18-11-5-4-10(15)8-12(11)17(3)9-13(18)19/h4-5,8H,6-7,9,16H2,1-3H3. The molecule has 0 saturated carbocycles. The molecule has 0 unspecified atom stereocenters. The van der Waals surface area contributed by atoms with E-state index in [2.05, 4.69) is 15.9 Å². The van der Waals surface area contributed by atoms with Crippen LogP contribution < -0.4 is 15.5 Å². The number of fused-ring (bicyclic) bond motifs is 1. The summed E-state index contributed by atoms with van der Waals surface area (Å²) in [6.07, 6.45) is 0.776. The van der Waals surface area contributed by atoms with E-state index in [0.717, 1.165) is 22.3 Å². The summed E-state index contributed by atoms with van der Waals surface area (Å²) in [6, 6.07) is 5.99. The van der Waals surface area contributed by atoms with Crippen LogP contribution in [0.25, 0.3) is 0 Å². The molecule has 1 aromatic carbocycles. The number of anilines is 2. The van der Waals surface area contributed by atoms with Gasteiger partial charge in [0.25, 0.3) is 0 Å². The third-order valence-corrected chi connectivity index (χ3v) is 3.79. The number of carbonyl (C=O) groups excluding carboxylic acids is 1. The number of amides is 1. The van der Waals surface area contributed by atoms with Gasteiger partial charge in [-0.15, -0.1) is 0 Å². The van der Waals surface area contributed by atoms with Gasteiger partial charge in [-0.1, -0.05) is 15.9 Å². The molecule has 0 bridgehead atoms. The normalized spacial score (nSPS) is 15.7. The highest BCUT2D eigenvalue weighted by Crippen LogP contribution is 2.35. The number of benzene rings is 1. The van der Waals surface area contributed by atoms with Crippen LogP contribution in [0.1, 0.15) is 20.3 Å². The van der Waals surface area contributed by atoms with E-state index in [0.29, 0.717) is 13.1 Å². The molecule has 2 rings (SSSR count). The van der Waals surface area contributed by atoms with E-state index in [1.165, 1.54) is 0 Å². The van der Waals surface area contributed by atoms with E-state index < -0.39 is 0 Å². The number of halogens is 1. The first kappa shape index (κ1) is 14.3. The van der Waals surface area contributed by atoms with Crippen LogP contribution >= 0.6 is 15.9 Å². The van der Waals surface area contributed by atoms with Crippen molar-refractivity contribution in [2.45, 2.75) is 25.8 Å². The molecule has 0 fully saturated rings. The van der Waals surface area contributed by atoms with E-state index in [-0.39, 0.29) is 11.4 Å². The molecular formula is C14H20BrN3O. The first-order valence-electron chi connectivity index (χ1n) is 6.38. The average molecular weight is 326 g/mol. The molecule has 0 atom stereocenters. The van der Waals surface area contributed by atoms with Gasteiger partial charge in [0.2, 0.25) is 5.91 Å². The topological polar surface area (TPSA) is 49.6 Å². The van der Waals surface area contributed by atoms with Crippen molar-refractivity contribution in [3.05, 3.63) is 22.7 Å². The summed E-state index contributed by atoms with van der Waals surface area (Å²) in [7, 11) is 1.94. The van der Waals surface area contributed by atoms with Crippen LogP contribution in [0.15, 0.2) is 22.7 Å². The number of hydrogen-bond donors (Lipinski definition) is 1. The lowest BCUT2D eigenvalue weighted by atomic mass is 10.0. The maximum atomic E-state index is 12.2. The number of nitrogens with two attached hydrogens (primary N) is 1. The Bertz CT molecular complexity index is 496. The predicted octanol–water partition coefficient (Wildman–Crippen LogP) is 2.36. The van der Waals surface area contributed by atoms with Gasteiger partial charge in [0.1, 0.15) is 0 Å². The fourth-order valence-electron chi connectivity index (χ4n) is 2.18. The highest BCUT2D eigenvalue weighted by Gasteiger charge is 2.28. The van der Waals surface area contributed by atoms with Crippen LogP contribution in [0.5, 0.6) is 0 Å². The summed E-state index contributed by atoms with van der Waals surface area (Å²) < 4.78 is 1.02. The fraction of sp³-hybridized carbons (Fsp3) is 0.500. The molecule has 19 heavy (non-hydrogen) atoms. The third kappa shape index (κ3) is 3.28. The number of rotatable bonds is 3. The first-order chi connectivity index (χ1) is 8.78. The van der Waals surface area contributed by atoms with Crippen LogP contribution in [0.3, 0.4) is 0 Å². The van der Waals surface area contributed by atoms with Crippen LogP contribution in [-0.2, 0) is 4.79 Å². The molecule has 5 heteroatoms. The van der Waals surface area contributed by atoms with Crippen molar-refractivity contribution in [3.8, 4) is 0 Å². The summed E-state index contributed by atoms with van der Waals surface area (Å²) in [5.41, 5.74) is 7.79. The van der Waals surface area contributed by atoms with E-state index >= 15 is 0 Å². The van der Waals surface area contributed by atoms with Crippen molar-refractivity contribution in [1.82, 2.24) is 0 Å². The zero-order valence-electron chi connectivity index (χ0n) is 11.6. The smallest absolute Gasteiger partial charge is 0.246 e. The summed E-state index contributed by atoms with van der Waals surface area (Å²) >= 11 is 3.47. The second-order valence-electron chi connectivity index (χ2n) is 5.77. The molecular weight excluding hydrogens is 306 g/mol. The largest absolute Gasteiger partial charge is 0.364 e. The Labute approximate surface area is 122 Å². The molecule has 104 valence electrons. The van der Waals surface area contributed by atoms with Crippen LogP contribution in [0.2, 0.25) is 0 Å². The van der Waals surface area contributed by atoms with Gasteiger partial charge in [0.05, 0.1) is 17.9 Å². The minimum atomic E-state index is -0.265. The van der Waals surface area contributed by atoms with Gasteiger partial charge in [-0.05, 0) is 38.5 Å². The van der Waals surface area contributed by atoms with Crippen molar-refractivity contribution < 1.29 is 4.79 Å². The lowest BCUT2D eigenvalue weighted by molar-refractivity contribution is -0.117. The SMILES string of the molecule is CN1CC(=O)N(CCC(C)(C)N)c2ccc(Br)cc21. The Balaban J connectivity index is 2.29. The van der Waals surface area contributed by atoms with E-state index in [4.69, 9.17) is 5.73 Å². The monoisotopic (exact) mass is 325 g/mol. The number of nitrogens with zero attached hydrogens (tertiary/aromatic N) is 2. The van der Waals surface area contributed by atoms with Gasteiger partial charge in [-0.2, -0.15) is 0 Å². The molecule has 0 radical (unpaired) electrons. The van der Waals surface area contributed by atoms with E-state index in [1.807, 2.05) is 48.9 Å². The number of likely N-dealkylation sites (N-methyl/N-ethyl adjacent to an activating group) is 1. The van der Waals surface area contributed by atoms with Crippen molar-refractivity contribution in [2.24, 2.45) is 5.73 Å². The molecule has 0 aromatic heterocycles. The lowest BCUT2D eigenvalue weighted by Gasteiger charge is -2.36. The minimum Gasteiger partial charge on any atom is -0.364 e. The van der Waals surface area contributed by atoms with Gasteiger partial charge >= 0.3 is 0 Å². The Kier molecular flexibility index (Phi) is 3.87. The van der Waals surface area contributed by atoms with Crippen molar-refractivity contribution in [3.63, 3.8) is 0 Å². The fourth-order valence-corrected chi connectivity index (χ4v) is 2.53.